The quantitative estimate of drug-likeness (QED) is 0.371. The monoisotopic (exact) mass is 412 g/mol. The first-order chi connectivity index (χ1) is 13.8. The third-order valence-electron chi connectivity index (χ3n) is 4.48. The number of nitrogens with zero attached hydrogens (tertiary/aromatic N) is 3. The van der Waals surface area contributed by atoms with Crippen molar-refractivity contribution in [3.05, 3.63) is 86.7 Å². The Morgan fingerprint density at radius 2 is 1.90 bits per heavy atom. The Labute approximate surface area is 171 Å². The van der Waals surface area contributed by atoms with Crippen molar-refractivity contribution in [3.63, 3.8) is 0 Å². The third-order valence-corrected chi connectivity index (χ3v) is 4.72. The molecule has 0 saturated carbocycles. The van der Waals surface area contributed by atoms with Gasteiger partial charge in [0.2, 0.25) is 5.91 Å². The Bertz CT molecular complexity index is 1100. The Hall–Kier alpha value is -3.52. The first-order valence-corrected chi connectivity index (χ1v) is 9.06. The number of carbonyl (C=O) groups excluding carboxylic acids is 2. The van der Waals surface area contributed by atoms with Crippen molar-refractivity contribution in [3.8, 4) is 0 Å². The van der Waals surface area contributed by atoms with E-state index in [1.807, 2.05) is 0 Å². The van der Waals surface area contributed by atoms with Crippen LogP contribution in [0.4, 0.5) is 11.4 Å². The van der Waals surface area contributed by atoms with Crippen LogP contribution in [0.5, 0.6) is 0 Å². The molecule has 1 N–H and O–H groups in total. The standard InChI is InChI=1S/C20H17ClN4O4/c1-12-18(25(28)29)11-22-24(12)13(2)20(27)23-17-9-8-15(21)10-16(17)19(26)14-6-4-3-5-7-14/h3-11,13H,1-2H3,(H,23,27). The Kier molecular flexibility index (Phi) is 5.74. The van der Waals surface area contributed by atoms with Crippen LogP contribution in [0.3, 0.4) is 0 Å². The molecule has 148 valence electrons. The highest BCUT2D eigenvalue weighted by atomic mass is 35.5. The number of hydrogen-bond acceptors (Lipinski definition) is 5. The van der Waals surface area contributed by atoms with E-state index in [-0.39, 0.29) is 22.7 Å². The number of ketones is 1. The molecule has 1 unspecified atom stereocenters. The van der Waals surface area contributed by atoms with E-state index in [9.17, 15) is 19.7 Å². The summed E-state index contributed by atoms with van der Waals surface area (Å²) in [5.41, 5.74) is 1.08. The molecule has 9 heteroatoms. The van der Waals surface area contributed by atoms with Crippen LogP contribution < -0.4 is 5.32 Å². The fourth-order valence-corrected chi connectivity index (χ4v) is 3.06. The number of halogens is 1. The second-order valence-corrected chi connectivity index (χ2v) is 6.80. The van der Waals surface area contributed by atoms with E-state index in [0.717, 1.165) is 6.20 Å². The zero-order valence-corrected chi connectivity index (χ0v) is 16.4. The molecule has 29 heavy (non-hydrogen) atoms. The van der Waals surface area contributed by atoms with Gasteiger partial charge in [0.05, 0.1) is 10.6 Å². The average molecular weight is 413 g/mol. The second kappa shape index (κ2) is 8.24. The summed E-state index contributed by atoms with van der Waals surface area (Å²) in [7, 11) is 0. The normalized spacial score (nSPS) is 11.7. The van der Waals surface area contributed by atoms with E-state index < -0.39 is 16.9 Å². The van der Waals surface area contributed by atoms with Gasteiger partial charge in [-0.25, -0.2) is 0 Å². The lowest BCUT2D eigenvalue weighted by Crippen LogP contribution is -2.26. The topological polar surface area (TPSA) is 107 Å². The number of amides is 1. The molecule has 3 aromatic rings. The molecule has 0 radical (unpaired) electrons. The highest BCUT2D eigenvalue weighted by Crippen LogP contribution is 2.26. The summed E-state index contributed by atoms with van der Waals surface area (Å²) >= 11 is 6.05. The molecule has 3 rings (SSSR count). The number of nitro groups is 1. The number of rotatable bonds is 6. The van der Waals surface area contributed by atoms with Crippen molar-refractivity contribution >= 4 is 34.7 Å². The fourth-order valence-electron chi connectivity index (χ4n) is 2.89. The molecule has 0 fully saturated rings. The van der Waals surface area contributed by atoms with Gasteiger partial charge in [-0.15, -0.1) is 0 Å². The fraction of sp³-hybridized carbons (Fsp3) is 0.150. The predicted molar refractivity (Wildman–Crippen MR) is 108 cm³/mol. The van der Waals surface area contributed by atoms with Gasteiger partial charge in [0.1, 0.15) is 17.9 Å². The maximum atomic E-state index is 12.9. The van der Waals surface area contributed by atoms with Gasteiger partial charge in [-0.05, 0) is 32.0 Å². The van der Waals surface area contributed by atoms with Gasteiger partial charge in [0, 0.05) is 16.1 Å². The Balaban J connectivity index is 1.89. The van der Waals surface area contributed by atoms with Gasteiger partial charge in [0.15, 0.2) is 5.78 Å². The molecule has 0 aliphatic carbocycles. The smallest absolute Gasteiger partial charge is 0.309 e. The molecule has 8 nitrogen and oxygen atoms in total. The van der Waals surface area contributed by atoms with Crippen LogP contribution in [-0.4, -0.2) is 26.4 Å². The van der Waals surface area contributed by atoms with E-state index in [2.05, 4.69) is 10.4 Å². The minimum atomic E-state index is -0.834. The Morgan fingerprint density at radius 1 is 1.21 bits per heavy atom. The maximum absolute atomic E-state index is 12.9. The number of aromatic nitrogens is 2. The zero-order chi connectivity index (χ0) is 21.1. The molecule has 0 bridgehead atoms. The lowest BCUT2D eigenvalue weighted by Gasteiger charge is -2.16. The lowest BCUT2D eigenvalue weighted by atomic mass is 10.0. The van der Waals surface area contributed by atoms with E-state index >= 15 is 0 Å². The van der Waals surface area contributed by atoms with Crippen molar-refractivity contribution < 1.29 is 14.5 Å². The van der Waals surface area contributed by atoms with Crippen LogP contribution in [-0.2, 0) is 4.79 Å². The lowest BCUT2D eigenvalue weighted by molar-refractivity contribution is -0.385. The first kappa shape index (κ1) is 20.2. The minimum absolute atomic E-state index is 0.170. The van der Waals surface area contributed by atoms with Crippen LogP contribution in [0.15, 0.2) is 54.7 Å². The van der Waals surface area contributed by atoms with Crippen molar-refractivity contribution in [2.75, 3.05) is 5.32 Å². The van der Waals surface area contributed by atoms with Crippen molar-refractivity contribution in [2.24, 2.45) is 0 Å². The number of anilines is 1. The summed E-state index contributed by atoms with van der Waals surface area (Å²) in [4.78, 5) is 36.1. The summed E-state index contributed by atoms with van der Waals surface area (Å²) in [6.45, 7) is 3.08. The first-order valence-electron chi connectivity index (χ1n) is 8.68. The van der Waals surface area contributed by atoms with Crippen molar-refractivity contribution in [2.45, 2.75) is 19.9 Å². The van der Waals surface area contributed by atoms with Crippen LogP contribution in [0, 0.1) is 17.0 Å². The van der Waals surface area contributed by atoms with Crippen LogP contribution in [0.25, 0.3) is 0 Å². The molecule has 0 aliphatic heterocycles. The van der Waals surface area contributed by atoms with Crippen molar-refractivity contribution in [1.82, 2.24) is 9.78 Å². The third kappa shape index (κ3) is 4.17. The van der Waals surface area contributed by atoms with Gasteiger partial charge in [-0.2, -0.15) is 5.10 Å². The van der Waals surface area contributed by atoms with Gasteiger partial charge in [-0.3, -0.25) is 24.4 Å². The largest absolute Gasteiger partial charge is 0.324 e. The predicted octanol–water partition coefficient (Wildman–Crippen LogP) is 4.18. The highest BCUT2D eigenvalue weighted by Gasteiger charge is 2.25. The molecule has 2 aromatic carbocycles. The Morgan fingerprint density at radius 3 is 2.52 bits per heavy atom. The van der Waals surface area contributed by atoms with E-state index in [1.54, 1.807) is 49.4 Å². The molecule has 1 heterocycles. The van der Waals surface area contributed by atoms with Crippen LogP contribution in [0.1, 0.15) is 34.6 Å². The SMILES string of the molecule is Cc1c([N+](=O)[O-])cnn1C(C)C(=O)Nc1ccc(Cl)cc1C(=O)c1ccccc1. The summed E-state index contributed by atoms with van der Waals surface area (Å²) in [6.07, 6.45) is 1.10. The summed E-state index contributed by atoms with van der Waals surface area (Å²) in [6, 6.07) is 12.4. The summed E-state index contributed by atoms with van der Waals surface area (Å²) in [5.74, 6) is -0.766. The molecule has 1 amide bonds. The van der Waals surface area contributed by atoms with E-state index in [1.165, 1.54) is 17.7 Å². The van der Waals surface area contributed by atoms with Crippen LogP contribution in [0.2, 0.25) is 5.02 Å². The minimum Gasteiger partial charge on any atom is -0.324 e. The second-order valence-electron chi connectivity index (χ2n) is 6.37. The van der Waals surface area contributed by atoms with Gasteiger partial charge in [-0.1, -0.05) is 41.9 Å². The van der Waals surface area contributed by atoms with E-state index in [4.69, 9.17) is 11.6 Å². The van der Waals surface area contributed by atoms with E-state index in [0.29, 0.717) is 16.3 Å². The number of nitrogens with one attached hydrogen (secondary N) is 1. The number of carbonyl (C=O) groups is 2. The molecule has 1 aromatic heterocycles. The molecule has 1 atom stereocenters. The summed E-state index contributed by atoms with van der Waals surface area (Å²) < 4.78 is 1.27. The van der Waals surface area contributed by atoms with Gasteiger partial charge >= 0.3 is 5.69 Å². The molecule has 0 aliphatic rings. The number of hydrogen-bond donors (Lipinski definition) is 1. The molecular weight excluding hydrogens is 396 g/mol. The highest BCUT2D eigenvalue weighted by molar-refractivity contribution is 6.31. The maximum Gasteiger partial charge on any atom is 0.309 e. The van der Waals surface area contributed by atoms with Gasteiger partial charge in [0.25, 0.3) is 0 Å². The average Bonchev–Trinajstić information content (AvgIpc) is 3.10. The van der Waals surface area contributed by atoms with Gasteiger partial charge < -0.3 is 5.32 Å². The molecular formula is C20H17ClN4O4. The molecule has 0 spiro atoms. The number of benzene rings is 2. The van der Waals surface area contributed by atoms with Crippen LogP contribution >= 0.6 is 11.6 Å². The zero-order valence-electron chi connectivity index (χ0n) is 15.6. The molecule has 0 saturated heterocycles. The summed E-state index contributed by atoms with van der Waals surface area (Å²) in [5, 5.41) is 18.0. The van der Waals surface area contributed by atoms with Crippen molar-refractivity contribution in [1.29, 1.82) is 0 Å².